The molecule has 0 radical (unpaired) electrons. The summed E-state index contributed by atoms with van der Waals surface area (Å²) in [5.74, 6) is -1.26. The molecule has 0 aromatic heterocycles. The third kappa shape index (κ3) is 4.25. The van der Waals surface area contributed by atoms with Crippen molar-refractivity contribution in [3.8, 4) is 0 Å². The number of halogens is 2. The van der Waals surface area contributed by atoms with Gasteiger partial charge in [-0.25, -0.2) is 8.78 Å². The Labute approximate surface area is 114 Å². The summed E-state index contributed by atoms with van der Waals surface area (Å²) in [6.07, 6.45) is 0.376. The maximum atomic E-state index is 13.7. The van der Waals surface area contributed by atoms with Crippen molar-refractivity contribution in [3.05, 3.63) is 35.4 Å². The molecular weight excluding hydrogens is 248 g/mol. The lowest BCUT2D eigenvalue weighted by atomic mass is 9.93. The van der Waals surface area contributed by atoms with Crippen LogP contribution in [0, 0.1) is 17.6 Å². The van der Waals surface area contributed by atoms with Gasteiger partial charge in [-0.15, -0.1) is 0 Å². The van der Waals surface area contributed by atoms with Crippen molar-refractivity contribution < 1.29 is 13.5 Å². The molecule has 0 spiro atoms. The van der Waals surface area contributed by atoms with Gasteiger partial charge in [0.2, 0.25) is 0 Å². The van der Waals surface area contributed by atoms with Crippen LogP contribution in [0.15, 0.2) is 18.2 Å². The number of likely N-dealkylation sites (N-methyl/N-ethyl adjacent to an activating group) is 1. The molecular formula is C15H23F2NO. The van der Waals surface area contributed by atoms with Gasteiger partial charge in [0.05, 0.1) is 6.10 Å². The van der Waals surface area contributed by atoms with Crippen molar-refractivity contribution in [2.75, 3.05) is 13.7 Å². The first-order valence-corrected chi connectivity index (χ1v) is 6.73. The molecule has 1 rings (SSSR count). The molecule has 0 heterocycles. The topological polar surface area (TPSA) is 21.3 Å². The number of benzene rings is 1. The van der Waals surface area contributed by atoms with Crippen LogP contribution in [0.1, 0.15) is 26.3 Å². The second-order valence-corrected chi connectivity index (χ2v) is 4.98. The van der Waals surface area contributed by atoms with Crippen LogP contribution >= 0.6 is 0 Å². The number of ether oxygens (including phenoxy) is 1. The van der Waals surface area contributed by atoms with Gasteiger partial charge in [-0.3, -0.25) is 0 Å². The van der Waals surface area contributed by atoms with Gasteiger partial charge >= 0.3 is 0 Å². The van der Waals surface area contributed by atoms with E-state index in [1.807, 2.05) is 14.0 Å². The van der Waals surface area contributed by atoms with E-state index in [0.29, 0.717) is 24.5 Å². The molecule has 0 fully saturated rings. The van der Waals surface area contributed by atoms with E-state index in [9.17, 15) is 8.78 Å². The fourth-order valence-corrected chi connectivity index (χ4v) is 2.29. The van der Waals surface area contributed by atoms with Crippen LogP contribution in [-0.2, 0) is 11.2 Å². The first-order valence-electron chi connectivity index (χ1n) is 6.73. The largest absolute Gasteiger partial charge is 0.377 e. The number of hydrogen-bond donors (Lipinski definition) is 1. The molecule has 108 valence electrons. The van der Waals surface area contributed by atoms with Crippen LogP contribution in [0.4, 0.5) is 8.78 Å². The summed E-state index contributed by atoms with van der Waals surface area (Å²) in [6.45, 7) is 6.66. The van der Waals surface area contributed by atoms with Gasteiger partial charge in [-0.05, 0) is 37.9 Å². The second-order valence-electron chi connectivity index (χ2n) is 4.98. The van der Waals surface area contributed by atoms with Gasteiger partial charge in [-0.1, -0.05) is 26.0 Å². The molecule has 2 atom stereocenters. The van der Waals surface area contributed by atoms with Crippen molar-refractivity contribution >= 4 is 0 Å². The Morgan fingerprint density at radius 2 is 1.95 bits per heavy atom. The minimum Gasteiger partial charge on any atom is -0.377 e. The highest BCUT2D eigenvalue weighted by Crippen LogP contribution is 2.18. The van der Waals surface area contributed by atoms with E-state index >= 15 is 0 Å². The Bertz CT molecular complexity index is 396. The molecule has 1 N–H and O–H groups in total. The van der Waals surface area contributed by atoms with E-state index in [0.717, 1.165) is 6.07 Å². The number of hydrogen-bond acceptors (Lipinski definition) is 2. The summed E-state index contributed by atoms with van der Waals surface area (Å²) < 4.78 is 32.6. The van der Waals surface area contributed by atoms with Gasteiger partial charge in [0.25, 0.3) is 0 Å². The highest BCUT2D eigenvalue weighted by atomic mass is 19.2. The smallest absolute Gasteiger partial charge is 0.162 e. The second kappa shape index (κ2) is 7.56. The zero-order valence-corrected chi connectivity index (χ0v) is 12.0. The molecule has 0 bridgehead atoms. The summed E-state index contributed by atoms with van der Waals surface area (Å²) >= 11 is 0. The molecule has 1 aromatic carbocycles. The fraction of sp³-hybridized carbons (Fsp3) is 0.600. The fourth-order valence-electron chi connectivity index (χ4n) is 2.29. The summed E-state index contributed by atoms with van der Waals surface area (Å²) in [4.78, 5) is 0. The molecule has 0 saturated heterocycles. The lowest BCUT2D eigenvalue weighted by molar-refractivity contribution is 0.00516. The summed E-state index contributed by atoms with van der Waals surface area (Å²) in [5, 5.41) is 3.15. The molecule has 0 aliphatic carbocycles. The van der Waals surface area contributed by atoms with E-state index in [4.69, 9.17) is 4.74 Å². The van der Waals surface area contributed by atoms with Crippen LogP contribution in [0.25, 0.3) is 0 Å². The summed E-state index contributed by atoms with van der Waals surface area (Å²) in [6, 6.07) is 4.24. The molecule has 1 aromatic rings. The van der Waals surface area contributed by atoms with Crippen LogP contribution in [0.3, 0.4) is 0 Å². The van der Waals surface area contributed by atoms with Gasteiger partial charge in [-0.2, -0.15) is 0 Å². The minimum atomic E-state index is -0.801. The molecule has 0 aliphatic rings. The molecule has 0 amide bonds. The van der Waals surface area contributed by atoms with Crippen LogP contribution in [0.2, 0.25) is 0 Å². The van der Waals surface area contributed by atoms with Crippen molar-refractivity contribution in [1.82, 2.24) is 5.32 Å². The lowest BCUT2D eigenvalue weighted by Crippen LogP contribution is -2.44. The zero-order chi connectivity index (χ0) is 14.4. The Balaban J connectivity index is 2.88. The Morgan fingerprint density at radius 1 is 1.26 bits per heavy atom. The van der Waals surface area contributed by atoms with Crippen molar-refractivity contribution in [1.29, 1.82) is 0 Å². The van der Waals surface area contributed by atoms with E-state index < -0.39 is 11.6 Å². The first kappa shape index (κ1) is 16.1. The molecule has 0 saturated carbocycles. The van der Waals surface area contributed by atoms with E-state index in [1.165, 1.54) is 6.07 Å². The van der Waals surface area contributed by atoms with Crippen molar-refractivity contribution in [2.45, 2.75) is 39.3 Å². The molecule has 19 heavy (non-hydrogen) atoms. The van der Waals surface area contributed by atoms with Gasteiger partial charge < -0.3 is 10.1 Å². The molecule has 2 nitrogen and oxygen atoms in total. The third-order valence-electron chi connectivity index (χ3n) is 3.25. The van der Waals surface area contributed by atoms with E-state index in [2.05, 4.69) is 19.2 Å². The van der Waals surface area contributed by atoms with Gasteiger partial charge in [0.15, 0.2) is 11.6 Å². The molecule has 4 heteroatoms. The van der Waals surface area contributed by atoms with Crippen LogP contribution in [0.5, 0.6) is 0 Å². The SMILES string of the molecule is CCOC(C(C)C)C(Cc1cccc(F)c1F)NC. The standard InChI is InChI=1S/C15H23F2NO/c1-5-19-15(10(2)3)13(18-4)9-11-7-6-8-12(16)14(11)17/h6-8,10,13,15,18H,5,9H2,1-4H3. The average molecular weight is 271 g/mol. The maximum absolute atomic E-state index is 13.7. The first-order chi connectivity index (χ1) is 9.01. The lowest BCUT2D eigenvalue weighted by Gasteiger charge is -2.30. The van der Waals surface area contributed by atoms with E-state index in [-0.39, 0.29) is 12.1 Å². The molecule has 0 aliphatic heterocycles. The van der Waals surface area contributed by atoms with Crippen molar-refractivity contribution in [2.24, 2.45) is 5.92 Å². The summed E-state index contributed by atoms with van der Waals surface area (Å²) in [7, 11) is 1.82. The van der Waals surface area contributed by atoms with Crippen LogP contribution < -0.4 is 5.32 Å². The number of rotatable bonds is 7. The zero-order valence-electron chi connectivity index (χ0n) is 12.0. The van der Waals surface area contributed by atoms with E-state index in [1.54, 1.807) is 6.07 Å². The Morgan fingerprint density at radius 3 is 2.47 bits per heavy atom. The van der Waals surface area contributed by atoms with Gasteiger partial charge in [0.1, 0.15) is 0 Å². The van der Waals surface area contributed by atoms with Crippen molar-refractivity contribution in [3.63, 3.8) is 0 Å². The Hall–Kier alpha value is -1.00. The number of nitrogens with one attached hydrogen (secondary N) is 1. The average Bonchev–Trinajstić information content (AvgIpc) is 2.38. The minimum absolute atomic E-state index is 0.0299. The maximum Gasteiger partial charge on any atom is 0.162 e. The van der Waals surface area contributed by atoms with Crippen LogP contribution in [-0.4, -0.2) is 25.8 Å². The molecule has 2 unspecified atom stereocenters. The third-order valence-corrected chi connectivity index (χ3v) is 3.25. The predicted molar refractivity (Wildman–Crippen MR) is 73.2 cm³/mol. The predicted octanol–water partition coefficient (Wildman–Crippen LogP) is 3.16. The highest BCUT2D eigenvalue weighted by molar-refractivity contribution is 5.20. The van der Waals surface area contributed by atoms with Gasteiger partial charge in [0, 0.05) is 12.6 Å². The Kier molecular flexibility index (Phi) is 6.38. The quantitative estimate of drug-likeness (QED) is 0.822. The highest BCUT2D eigenvalue weighted by Gasteiger charge is 2.25. The normalized spacial score (nSPS) is 14.7. The monoisotopic (exact) mass is 271 g/mol. The summed E-state index contributed by atoms with van der Waals surface area (Å²) in [5.41, 5.74) is 0.379.